The first-order valence-electron chi connectivity index (χ1n) is 9.73. The number of anilines is 1. The molecule has 0 aromatic heterocycles. The summed E-state index contributed by atoms with van der Waals surface area (Å²) in [6.45, 7) is 3.73. The summed E-state index contributed by atoms with van der Waals surface area (Å²) in [6, 6.07) is 14.9. The van der Waals surface area contributed by atoms with Crippen LogP contribution in [0.2, 0.25) is 0 Å². The smallest absolute Gasteiger partial charge is 0.256 e. The highest BCUT2D eigenvalue weighted by atomic mass is 32.2. The molecule has 28 heavy (non-hydrogen) atoms. The van der Waals surface area contributed by atoms with Gasteiger partial charge in [0.25, 0.3) is 11.8 Å². The van der Waals surface area contributed by atoms with Crippen LogP contribution in [0.3, 0.4) is 0 Å². The first kappa shape index (κ1) is 20.2. The molecule has 1 fully saturated rings. The van der Waals surface area contributed by atoms with Crippen molar-refractivity contribution in [3.63, 3.8) is 0 Å². The van der Waals surface area contributed by atoms with Gasteiger partial charge in [0.05, 0.1) is 16.8 Å². The van der Waals surface area contributed by atoms with Crippen LogP contribution in [0.15, 0.2) is 66.1 Å². The van der Waals surface area contributed by atoms with E-state index in [-0.39, 0.29) is 17.9 Å². The SMILES string of the molecule is C=CCSc1ccccc1C(=O)Nc1ccccc1C(=O)NC1CCCCC1. The Kier molecular flexibility index (Phi) is 7.31. The molecule has 5 heteroatoms. The second kappa shape index (κ2) is 10.1. The standard InChI is InChI=1S/C23H26N2O2S/c1-2-16-28-21-15-9-7-13-19(21)23(27)25-20-14-8-6-12-18(20)22(26)24-17-10-4-3-5-11-17/h2,6-9,12-15,17H,1,3-5,10-11,16H2,(H,24,26)(H,25,27). The summed E-state index contributed by atoms with van der Waals surface area (Å²) in [4.78, 5) is 26.6. The molecule has 0 saturated heterocycles. The molecule has 2 amide bonds. The Hall–Kier alpha value is -2.53. The molecule has 146 valence electrons. The molecule has 2 aromatic rings. The van der Waals surface area contributed by atoms with Crippen LogP contribution in [0, 0.1) is 0 Å². The van der Waals surface area contributed by atoms with Crippen LogP contribution < -0.4 is 10.6 Å². The molecule has 2 N–H and O–H groups in total. The average molecular weight is 395 g/mol. The Labute approximate surface area is 170 Å². The van der Waals surface area contributed by atoms with Gasteiger partial charge in [0.1, 0.15) is 0 Å². The molecular formula is C23H26N2O2S. The van der Waals surface area contributed by atoms with E-state index in [0.29, 0.717) is 16.8 Å². The summed E-state index contributed by atoms with van der Waals surface area (Å²) in [6.07, 6.45) is 7.40. The van der Waals surface area contributed by atoms with Crippen molar-refractivity contribution in [2.24, 2.45) is 0 Å². The Morgan fingerprint density at radius 2 is 1.64 bits per heavy atom. The Morgan fingerprint density at radius 1 is 0.964 bits per heavy atom. The molecule has 0 bridgehead atoms. The van der Waals surface area contributed by atoms with Crippen molar-refractivity contribution in [2.45, 2.75) is 43.0 Å². The van der Waals surface area contributed by atoms with Gasteiger partial charge in [-0.15, -0.1) is 18.3 Å². The van der Waals surface area contributed by atoms with Gasteiger partial charge in [-0.05, 0) is 37.1 Å². The lowest BCUT2D eigenvalue weighted by atomic mass is 9.95. The molecule has 3 rings (SSSR count). The van der Waals surface area contributed by atoms with Crippen molar-refractivity contribution in [3.05, 3.63) is 72.3 Å². The molecule has 0 atom stereocenters. The van der Waals surface area contributed by atoms with E-state index in [1.165, 1.54) is 6.42 Å². The number of benzene rings is 2. The van der Waals surface area contributed by atoms with Gasteiger partial charge < -0.3 is 10.6 Å². The number of rotatable bonds is 7. The van der Waals surface area contributed by atoms with Crippen molar-refractivity contribution in [2.75, 3.05) is 11.1 Å². The molecule has 0 radical (unpaired) electrons. The lowest BCUT2D eigenvalue weighted by Crippen LogP contribution is -2.36. The van der Waals surface area contributed by atoms with Gasteiger partial charge in [-0.1, -0.05) is 49.6 Å². The number of hydrogen-bond donors (Lipinski definition) is 2. The summed E-state index contributed by atoms with van der Waals surface area (Å²) >= 11 is 1.56. The third-order valence-electron chi connectivity index (χ3n) is 4.85. The second-order valence-corrected chi connectivity index (χ2v) is 7.97. The zero-order valence-corrected chi connectivity index (χ0v) is 16.8. The van der Waals surface area contributed by atoms with E-state index in [1.54, 1.807) is 30.0 Å². The summed E-state index contributed by atoms with van der Waals surface area (Å²) in [5.74, 6) is 0.382. The molecule has 1 saturated carbocycles. The van der Waals surface area contributed by atoms with Crippen LogP contribution in [-0.2, 0) is 0 Å². The molecular weight excluding hydrogens is 368 g/mol. The summed E-state index contributed by atoms with van der Waals surface area (Å²) in [5.41, 5.74) is 1.62. The van der Waals surface area contributed by atoms with Gasteiger partial charge in [-0.25, -0.2) is 0 Å². The zero-order chi connectivity index (χ0) is 19.8. The van der Waals surface area contributed by atoms with E-state index >= 15 is 0 Å². The van der Waals surface area contributed by atoms with Crippen LogP contribution in [0.25, 0.3) is 0 Å². The maximum Gasteiger partial charge on any atom is 0.256 e. The fourth-order valence-electron chi connectivity index (χ4n) is 3.42. The number of hydrogen-bond acceptors (Lipinski definition) is 3. The maximum absolute atomic E-state index is 12.9. The van der Waals surface area contributed by atoms with Crippen LogP contribution in [0.5, 0.6) is 0 Å². The minimum absolute atomic E-state index is 0.128. The van der Waals surface area contributed by atoms with E-state index in [4.69, 9.17) is 0 Å². The van der Waals surface area contributed by atoms with Crippen LogP contribution in [-0.4, -0.2) is 23.6 Å². The Bertz CT molecular complexity index is 844. The first-order valence-corrected chi connectivity index (χ1v) is 10.7. The summed E-state index contributed by atoms with van der Waals surface area (Å²) in [7, 11) is 0. The number of thioether (sulfide) groups is 1. The Morgan fingerprint density at radius 3 is 2.39 bits per heavy atom. The number of nitrogens with one attached hydrogen (secondary N) is 2. The number of carbonyl (C=O) groups excluding carboxylic acids is 2. The molecule has 0 unspecified atom stereocenters. The third-order valence-corrected chi connectivity index (χ3v) is 5.92. The monoisotopic (exact) mass is 394 g/mol. The van der Waals surface area contributed by atoms with Gasteiger partial charge in [-0.3, -0.25) is 9.59 Å². The van der Waals surface area contributed by atoms with Gasteiger partial charge in [0.15, 0.2) is 0 Å². The van der Waals surface area contributed by atoms with Crippen LogP contribution in [0.1, 0.15) is 52.8 Å². The minimum atomic E-state index is -0.218. The van der Waals surface area contributed by atoms with E-state index in [1.807, 2.05) is 36.4 Å². The van der Waals surface area contributed by atoms with Gasteiger partial charge in [-0.2, -0.15) is 0 Å². The van der Waals surface area contributed by atoms with Crippen molar-refractivity contribution in [3.8, 4) is 0 Å². The third kappa shape index (κ3) is 5.26. The van der Waals surface area contributed by atoms with E-state index < -0.39 is 0 Å². The lowest BCUT2D eigenvalue weighted by molar-refractivity contribution is 0.0928. The van der Waals surface area contributed by atoms with E-state index in [9.17, 15) is 9.59 Å². The number of para-hydroxylation sites is 1. The highest BCUT2D eigenvalue weighted by Gasteiger charge is 2.20. The average Bonchev–Trinajstić information content (AvgIpc) is 2.73. The topological polar surface area (TPSA) is 58.2 Å². The molecule has 0 aliphatic heterocycles. The highest BCUT2D eigenvalue weighted by Crippen LogP contribution is 2.25. The molecule has 1 aliphatic carbocycles. The fraction of sp³-hybridized carbons (Fsp3) is 0.304. The van der Waals surface area contributed by atoms with Crippen molar-refractivity contribution in [1.82, 2.24) is 5.32 Å². The normalized spacial score (nSPS) is 14.3. The predicted octanol–water partition coefficient (Wildman–Crippen LogP) is 5.28. The van der Waals surface area contributed by atoms with Crippen LogP contribution in [0.4, 0.5) is 5.69 Å². The maximum atomic E-state index is 12.9. The number of carbonyl (C=O) groups is 2. The minimum Gasteiger partial charge on any atom is -0.349 e. The van der Waals surface area contributed by atoms with Gasteiger partial charge in [0, 0.05) is 16.7 Å². The molecule has 0 heterocycles. The summed E-state index contributed by atoms with van der Waals surface area (Å²) < 4.78 is 0. The molecule has 0 spiro atoms. The van der Waals surface area contributed by atoms with Crippen molar-refractivity contribution in [1.29, 1.82) is 0 Å². The van der Waals surface area contributed by atoms with E-state index in [2.05, 4.69) is 17.2 Å². The van der Waals surface area contributed by atoms with E-state index in [0.717, 1.165) is 36.3 Å². The lowest BCUT2D eigenvalue weighted by Gasteiger charge is -2.23. The predicted molar refractivity (Wildman–Crippen MR) is 116 cm³/mol. The molecule has 1 aliphatic rings. The van der Waals surface area contributed by atoms with Crippen molar-refractivity contribution >= 4 is 29.3 Å². The van der Waals surface area contributed by atoms with Crippen molar-refractivity contribution < 1.29 is 9.59 Å². The van der Waals surface area contributed by atoms with Gasteiger partial charge in [0.2, 0.25) is 0 Å². The second-order valence-electron chi connectivity index (χ2n) is 6.90. The number of amides is 2. The zero-order valence-electron chi connectivity index (χ0n) is 15.9. The van der Waals surface area contributed by atoms with Gasteiger partial charge >= 0.3 is 0 Å². The fourth-order valence-corrected chi connectivity index (χ4v) is 4.21. The molecule has 4 nitrogen and oxygen atoms in total. The highest BCUT2D eigenvalue weighted by molar-refractivity contribution is 7.99. The molecule has 2 aromatic carbocycles. The first-order chi connectivity index (χ1) is 13.7. The Balaban J connectivity index is 1.75. The summed E-state index contributed by atoms with van der Waals surface area (Å²) in [5, 5.41) is 6.05. The quantitative estimate of drug-likeness (QED) is 0.496. The largest absolute Gasteiger partial charge is 0.349 e. The van der Waals surface area contributed by atoms with Crippen LogP contribution >= 0.6 is 11.8 Å².